The maximum Gasteiger partial charge on any atom is 0.242 e. The summed E-state index contributed by atoms with van der Waals surface area (Å²) in [6, 6.07) is 12.5. The van der Waals surface area contributed by atoms with Crippen LogP contribution in [-0.2, 0) is 16.0 Å². The van der Waals surface area contributed by atoms with E-state index in [0.717, 1.165) is 27.7 Å². The highest BCUT2D eigenvalue weighted by Gasteiger charge is 2.25. The van der Waals surface area contributed by atoms with Crippen molar-refractivity contribution in [3.05, 3.63) is 59.4 Å². The van der Waals surface area contributed by atoms with E-state index in [4.69, 9.17) is 0 Å². The number of fused-ring (bicyclic) bond motifs is 1. The summed E-state index contributed by atoms with van der Waals surface area (Å²) in [7, 11) is 0. The van der Waals surface area contributed by atoms with Gasteiger partial charge < -0.3 is 15.6 Å². The summed E-state index contributed by atoms with van der Waals surface area (Å²) >= 11 is 0. The molecule has 5 nitrogen and oxygen atoms in total. The lowest BCUT2D eigenvalue weighted by molar-refractivity contribution is -0.127. The molecule has 0 spiro atoms. The van der Waals surface area contributed by atoms with Crippen molar-refractivity contribution >= 4 is 22.7 Å². The van der Waals surface area contributed by atoms with Gasteiger partial charge in [0.2, 0.25) is 11.8 Å². The van der Waals surface area contributed by atoms with E-state index in [-0.39, 0.29) is 24.1 Å². The highest BCUT2D eigenvalue weighted by atomic mass is 19.1. The molecule has 0 saturated carbocycles. The summed E-state index contributed by atoms with van der Waals surface area (Å²) in [5.41, 5.74) is 4.36. The van der Waals surface area contributed by atoms with Crippen LogP contribution in [0.5, 0.6) is 0 Å². The first kappa shape index (κ1) is 18.2. The Kier molecular flexibility index (Phi) is 4.86. The lowest BCUT2D eigenvalue weighted by Gasteiger charge is -2.11. The number of aryl methyl sites for hydroxylation is 2. The molecule has 1 atom stereocenters. The van der Waals surface area contributed by atoms with Crippen molar-refractivity contribution in [2.45, 2.75) is 32.2 Å². The molecule has 2 amide bonds. The fraction of sp³-hybridized carbons (Fsp3) is 0.273. The second-order valence-corrected chi connectivity index (χ2v) is 7.19. The third-order valence-electron chi connectivity index (χ3n) is 5.25. The number of aromatic nitrogens is 1. The third-order valence-corrected chi connectivity index (χ3v) is 5.25. The van der Waals surface area contributed by atoms with Crippen LogP contribution in [0.3, 0.4) is 0 Å². The Bertz CT molecular complexity index is 1060. The van der Waals surface area contributed by atoms with E-state index < -0.39 is 6.04 Å². The van der Waals surface area contributed by atoms with Gasteiger partial charge in [-0.05, 0) is 60.7 Å². The van der Waals surface area contributed by atoms with Crippen LogP contribution in [0.1, 0.15) is 24.0 Å². The number of aromatic amines is 1. The van der Waals surface area contributed by atoms with Crippen LogP contribution in [0.25, 0.3) is 22.2 Å². The normalized spacial score (nSPS) is 16.4. The molecule has 1 fully saturated rings. The van der Waals surface area contributed by atoms with Gasteiger partial charge in [0.25, 0.3) is 0 Å². The van der Waals surface area contributed by atoms with Crippen molar-refractivity contribution in [2.75, 3.05) is 6.54 Å². The molecule has 0 bridgehead atoms. The predicted molar refractivity (Wildman–Crippen MR) is 106 cm³/mol. The molecule has 3 aromatic rings. The minimum atomic E-state index is -0.435. The van der Waals surface area contributed by atoms with Gasteiger partial charge >= 0.3 is 0 Å². The summed E-state index contributed by atoms with van der Waals surface area (Å²) < 4.78 is 13.7. The number of carbonyl (C=O) groups is 2. The second-order valence-electron chi connectivity index (χ2n) is 7.19. The fourth-order valence-electron chi connectivity index (χ4n) is 3.74. The van der Waals surface area contributed by atoms with Crippen molar-refractivity contribution in [2.24, 2.45) is 0 Å². The van der Waals surface area contributed by atoms with Crippen LogP contribution in [-0.4, -0.2) is 29.4 Å². The Morgan fingerprint density at radius 1 is 1.25 bits per heavy atom. The standard InChI is InChI=1S/C22H22FN3O2/c1-13-12-14(6-8-17(13)23)21-16(15-4-2-3-5-18(15)26-21)7-9-20(27)25-19-10-11-24-22(19)28/h2-6,8,12,19,26H,7,9-11H2,1H3,(H,24,28)(H,25,27). The highest BCUT2D eigenvalue weighted by molar-refractivity contribution is 5.92. The molecule has 1 aliphatic rings. The number of halogens is 1. The summed E-state index contributed by atoms with van der Waals surface area (Å²) in [6.45, 7) is 2.33. The molecule has 3 N–H and O–H groups in total. The van der Waals surface area contributed by atoms with E-state index in [1.165, 1.54) is 6.07 Å². The molecule has 6 heteroatoms. The van der Waals surface area contributed by atoms with Crippen LogP contribution in [0.15, 0.2) is 42.5 Å². The van der Waals surface area contributed by atoms with Gasteiger partial charge in [0.1, 0.15) is 11.9 Å². The molecular formula is C22H22FN3O2. The maximum atomic E-state index is 13.7. The predicted octanol–water partition coefficient (Wildman–Crippen LogP) is 3.22. The largest absolute Gasteiger partial charge is 0.354 e. The van der Waals surface area contributed by atoms with E-state index in [9.17, 15) is 14.0 Å². The van der Waals surface area contributed by atoms with Gasteiger partial charge in [-0.25, -0.2) is 4.39 Å². The third kappa shape index (κ3) is 3.50. The minimum absolute atomic E-state index is 0.122. The lowest BCUT2D eigenvalue weighted by atomic mass is 9.99. The van der Waals surface area contributed by atoms with Gasteiger partial charge in [0, 0.05) is 29.6 Å². The van der Waals surface area contributed by atoms with E-state index in [1.54, 1.807) is 13.0 Å². The molecule has 1 aliphatic heterocycles. The van der Waals surface area contributed by atoms with Gasteiger partial charge in [-0.3, -0.25) is 9.59 Å². The topological polar surface area (TPSA) is 74.0 Å². The molecule has 1 saturated heterocycles. The number of hydrogen-bond donors (Lipinski definition) is 3. The zero-order valence-corrected chi connectivity index (χ0v) is 15.6. The van der Waals surface area contributed by atoms with Crippen LogP contribution in [0, 0.1) is 12.7 Å². The molecule has 2 aromatic carbocycles. The average molecular weight is 379 g/mol. The monoisotopic (exact) mass is 379 g/mol. The molecular weight excluding hydrogens is 357 g/mol. The van der Waals surface area contributed by atoms with Gasteiger partial charge in [-0.2, -0.15) is 0 Å². The quantitative estimate of drug-likeness (QED) is 0.637. The van der Waals surface area contributed by atoms with Gasteiger partial charge in [-0.1, -0.05) is 18.2 Å². The number of H-pyrrole nitrogens is 1. The second kappa shape index (κ2) is 7.46. The van der Waals surface area contributed by atoms with Crippen LogP contribution in [0.4, 0.5) is 4.39 Å². The van der Waals surface area contributed by atoms with E-state index >= 15 is 0 Å². The zero-order chi connectivity index (χ0) is 19.7. The summed E-state index contributed by atoms with van der Waals surface area (Å²) in [6.07, 6.45) is 1.42. The minimum Gasteiger partial charge on any atom is -0.354 e. The maximum absolute atomic E-state index is 13.7. The number of benzene rings is 2. The first-order chi connectivity index (χ1) is 13.5. The summed E-state index contributed by atoms with van der Waals surface area (Å²) in [4.78, 5) is 27.4. The van der Waals surface area contributed by atoms with Crippen molar-refractivity contribution in [1.29, 1.82) is 0 Å². The zero-order valence-electron chi connectivity index (χ0n) is 15.6. The fourth-order valence-corrected chi connectivity index (χ4v) is 3.74. The average Bonchev–Trinajstić information content (AvgIpc) is 3.26. The SMILES string of the molecule is Cc1cc(-c2[nH]c3ccccc3c2CCC(=O)NC2CCNC2=O)ccc1F. The number of hydrogen-bond acceptors (Lipinski definition) is 2. The number of nitrogens with one attached hydrogen (secondary N) is 3. The molecule has 2 heterocycles. The summed E-state index contributed by atoms with van der Waals surface area (Å²) in [5.74, 6) is -0.507. The Balaban J connectivity index is 1.61. The first-order valence-corrected chi connectivity index (χ1v) is 9.46. The van der Waals surface area contributed by atoms with E-state index in [1.807, 2.05) is 30.3 Å². The van der Waals surface area contributed by atoms with Crippen molar-refractivity contribution in [3.8, 4) is 11.3 Å². The lowest BCUT2D eigenvalue weighted by Crippen LogP contribution is -2.40. The molecule has 1 aromatic heterocycles. The van der Waals surface area contributed by atoms with Crippen LogP contribution in [0.2, 0.25) is 0 Å². The Labute approximate surface area is 162 Å². The van der Waals surface area contributed by atoms with Crippen molar-refractivity contribution in [3.63, 3.8) is 0 Å². The molecule has 4 rings (SSSR count). The Hall–Kier alpha value is -3.15. The summed E-state index contributed by atoms with van der Waals surface area (Å²) in [5, 5.41) is 6.57. The van der Waals surface area contributed by atoms with E-state index in [0.29, 0.717) is 24.9 Å². The van der Waals surface area contributed by atoms with Crippen molar-refractivity contribution < 1.29 is 14.0 Å². The van der Waals surface area contributed by atoms with Gasteiger partial charge in [0.15, 0.2) is 0 Å². The number of carbonyl (C=O) groups excluding carboxylic acids is 2. The number of amides is 2. The highest BCUT2D eigenvalue weighted by Crippen LogP contribution is 2.32. The molecule has 144 valence electrons. The van der Waals surface area contributed by atoms with Crippen LogP contribution >= 0.6 is 0 Å². The molecule has 0 aliphatic carbocycles. The number of rotatable bonds is 5. The Morgan fingerprint density at radius 2 is 2.07 bits per heavy atom. The van der Waals surface area contributed by atoms with Crippen LogP contribution < -0.4 is 10.6 Å². The van der Waals surface area contributed by atoms with Gasteiger partial charge in [0.05, 0.1) is 0 Å². The molecule has 28 heavy (non-hydrogen) atoms. The van der Waals surface area contributed by atoms with Crippen molar-refractivity contribution in [1.82, 2.24) is 15.6 Å². The van der Waals surface area contributed by atoms with E-state index in [2.05, 4.69) is 15.6 Å². The molecule has 0 radical (unpaired) electrons. The number of para-hydroxylation sites is 1. The van der Waals surface area contributed by atoms with Gasteiger partial charge in [-0.15, -0.1) is 0 Å². The Morgan fingerprint density at radius 3 is 2.82 bits per heavy atom. The molecule has 1 unspecified atom stereocenters. The smallest absolute Gasteiger partial charge is 0.242 e. The first-order valence-electron chi connectivity index (χ1n) is 9.46.